The van der Waals surface area contributed by atoms with Gasteiger partial charge in [-0.05, 0) is 44.1 Å². The first-order valence-electron chi connectivity index (χ1n) is 7.56. The molecule has 0 radical (unpaired) electrons. The Morgan fingerprint density at radius 3 is 2.79 bits per heavy atom. The van der Waals surface area contributed by atoms with Crippen molar-refractivity contribution < 1.29 is 9.47 Å². The number of rotatable bonds is 3. The number of hydrogen-bond acceptors (Lipinski definition) is 2. The molecule has 0 aromatic heterocycles. The van der Waals surface area contributed by atoms with E-state index >= 15 is 0 Å². The van der Waals surface area contributed by atoms with Crippen molar-refractivity contribution in [3.05, 3.63) is 35.9 Å². The van der Waals surface area contributed by atoms with Crippen LogP contribution in [0.2, 0.25) is 0 Å². The third kappa shape index (κ3) is 1.50. The monoisotopic (exact) mass is 258 g/mol. The van der Waals surface area contributed by atoms with Crippen LogP contribution >= 0.6 is 0 Å². The van der Waals surface area contributed by atoms with Gasteiger partial charge < -0.3 is 9.47 Å². The smallest absolute Gasteiger partial charge is 0.105 e. The number of benzene rings is 1. The maximum Gasteiger partial charge on any atom is 0.105 e. The Hall–Kier alpha value is -0.860. The molecule has 2 heterocycles. The molecule has 2 heteroatoms. The average molecular weight is 258 g/mol. The second kappa shape index (κ2) is 4.07. The Labute approximate surface area is 115 Å². The van der Waals surface area contributed by atoms with E-state index in [1.54, 1.807) is 0 Å². The van der Waals surface area contributed by atoms with Crippen molar-refractivity contribution in [2.75, 3.05) is 13.2 Å². The quantitative estimate of drug-likeness (QED) is 0.829. The van der Waals surface area contributed by atoms with Crippen LogP contribution in [-0.2, 0) is 15.9 Å². The van der Waals surface area contributed by atoms with Crippen molar-refractivity contribution in [2.45, 2.75) is 43.8 Å². The third-order valence-corrected chi connectivity index (χ3v) is 5.75. The van der Waals surface area contributed by atoms with Crippen LogP contribution in [-0.4, -0.2) is 24.4 Å². The molecule has 1 spiro atoms. The molecule has 1 aliphatic carbocycles. The molecule has 102 valence electrons. The third-order valence-electron chi connectivity index (χ3n) is 5.75. The summed E-state index contributed by atoms with van der Waals surface area (Å²) in [7, 11) is 0. The molecule has 3 aliphatic rings. The Kier molecular flexibility index (Phi) is 2.55. The van der Waals surface area contributed by atoms with E-state index in [2.05, 4.69) is 37.3 Å². The van der Waals surface area contributed by atoms with E-state index < -0.39 is 0 Å². The van der Waals surface area contributed by atoms with Gasteiger partial charge in [-0.2, -0.15) is 0 Å². The van der Waals surface area contributed by atoms with E-state index in [4.69, 9.17) is 9.47 Å². The molecule has 0 N–H and O–H groups in total. The van der Waals surface area contributed by atoms with Crippen LogP contribution in [0.25, 0.3) is 0 Å². The molecular formula is C17H22O2. The zero-order valence-electron chi connectivity index (χ0n) is 11.6. The van der Waals surface area contributed by atoms with Crippen molar-refractivity contribution in [1.82, 2.24) is 0 Å². The first-order chi connectivity index (χ1) is 9.25. The van der Waals surface area contributed by atoms with Gasteiger partial charge in [0.15, 0.2) is 0 Å². The highest BCUT2D eigenvalue weighted by molar-refractivity contribution is 5.22. The summed E-state index contributed by atoms with van der Waals surface area (Å²) < 4.78 is 12.5. The zero-order valence-corrected chi connectivity index (χ0v) is 11.6. The minimum atomic E-state index is -0.0765. The van der Waals surface area contributed by atoms with Crippen molar-refractivity contribution in [3.63, 3.8) is 0 Å². The van der Waals surface area contributed by atoms with Gasteiger partial charge in [-0.1, -0.05) is 30.3 Å². The average Bonchev–Trinajstić information content (AvgIpc) is 2.87. The zero-order chi connectivity index (χ0) is 12.9. The second-order valence-corrected chi connectivity index (χ2v) is 6.59. The Balaban J connectivity index is 1.54. The fourth-order valence-corrected chi connectivity index (χ4v) is 4.70. The van der Waals surface area contributed by atoms with Crippen LogP contribution in [0.1, 0.15) is 31.7 Å². The van der Waals surface area contributed by atoms with Gasteiger partial charge in [0.2, 0.25) is 0 Å². The minimum Gasteiger partial charge on any atom is -0.372 e. The van der Waals surface area contributed by atoms with E-state index in [1.807, 2.05) is 0 Å². The van der Waals surface area contributed by atoms with E-state index in [-0.39, 0.29) is 11.2 Å². The van der Waals surface area contributed by atoms with Crippen LogP contribution in [0, 0.1) is 11.8 Å². The van der Waals surface area contributed by atoms with Gasteiger partial charge in [-0.15, -0.1) is 0 Å². The summed E-state index contributed by atoms with van der Waals surface area (Å²) in [6, 6.07) is 10.7. The topological polar surface area (TPSA) is 18.5 Å². The SMILES string of the molecule is C[C@@]1(CCc2ccccc2)OC[C@H]2C[C@@H]3CCO[C@@]321. The van der Waals surface area contributed by atoms with Crippen molar-refractivity contribution in [2.24, 2.45) is 11.8 Å². The second-order valence-electron chi connectivity index (χ2n) is 6.59. The summed E-state index contributed by atoms with van der Waals surface area (Å²) in [5, 5.41) is 0. The molecule has 0 amide bonds. The molecule has 2 nitrogen and oxygen atoms in total. The minimum absolute atomic E-state index is 0.0573. The number of hydrogen-bond donors (Lipinski definition) is 0. The predicted molar refractivity (Wildman–Crippen MR) is 74.0 cm³/mol. The Morgan fingerprint density at radius 1 is 1.16 bits per heavy atom. The number of aryl methyl sites for hydroxylation is 1. The lowest BCUT2D eigenvalue weighted by Gasteiger charge is -2.53. The first-order valence-corrected chi connectivity index (χ1v) is 7.56. The molecule has 1 aromatic rings. The highest BCUT2D eigenvalue weighted by Crippen LogP contribution is 2.63. The summed E-state index contributed by atoms with van der Waals surface area (Å²) in [6.07, 6.45) is 4.72. The maximum absolute atomic E-state index is 6.24. The van der Waals surface area contributed by atoms with Gasteiger partial charge >= 0.3 is 0 Å². The van der Waals surface area contributed by atoms with Crippen LogP contribution in [0.3, 0.4) is 0 Å². The lowest BCUT2D eigenvalue weighted by molar-refractivity contribution is -0.185. The molecule has 19 heavy (non-hydrogen) atoms. The van der Waals surface area contributed by atoms with Gasteiger partial charge in [0, 0.05) is 12.5 Å². The normalized spacial score (nSPS) is 43.6. The maximum atomic E-state index is 6.24. The molecule has 3 fully saturated rings. The van der Waals surface area contributed by atoms with E-state index in [0.717, 1.165) is 32.0 Å². The fraction of sp³-hybridized carbons (Fsp3) is 0.647. The highest BCUT2D eigenvalue weighted by Gasteiger charge is 2.71. The van der Waals surface area contributed by atoms with Gasteiger partial charge in [-0.3, -0.25) is 0 Å². The molecule has 1 aromatic carbocycles. The predicted octanol–water partition coefficient (Wildman–Crippen LogP) is 3.20. The van der Waals surface area contributed by atoms with E-state index in [9.17, 15) is 0 Å². The van der Waals surface area contributed by atoms with Crippen molar-refractivity contribution >= 4 is 0 Å². The molecule has 1 saturated carbocycles. The van der Waals surface area contributed by atoms with Gasteiger partial charge in [0.25, 0.3) is 0 Å². The van der Waals surface area contributed by atoms with Gasteiger partial charge in [0.1, 0.15) is 5.60 Å². The van der Waals surface area contributed by atoms with Crippen LogP contribution in [0.4, 0.5) is 0 Å². The van der Waals surface area contributed by atoms with E-state index in [1.165, 1.54) is 18.4 Å². The molecule has 4 atom stereocenters. The standard InChI is InChI=1S/C17H22O2/c1-16(9-7-13-5-3-2-4-6-13)17-14(8-10-18-17)11-15(17)12-19-16/h2-6,14-15H,7-12H2,1H3/t14-,15+,16-,17-/m0/s1. The number of ether oxygens (including phenoxy) is 2. The molecule has 0 unspecified atom stereocenters. The first kappa shape index (κ1) is 11.9. The lowest BCUT2D eigenvalue weighted by Crippen LogP contribution is -2.62. The molecule has 2 aliphatic heterocycles. The summed E-state index contributed by atoms with van der Waals surface area (Å²) in [4.78, 5) is 0. The highest BCUT2D eigenvalue weighted by atomic mass is 16.6. The Morgan fingerprint density at radius 2 is 2.00 bits per heavy atom. The Bertz CT molecular complexity index is 465. The molecule has 2 saturated heterocycles. The fourth-order valence-electron chi connectivity index (χ4n) is 4.70. The molecular weight excluding hydrogens is 236 g/mol. The van der Waals surface area contributed by atoms with Gasteiger partial charge in [0.05, 0.1) is 12.2 Å². The molecule has 4 rings (SSSR count). The summed E-state index contributed by atoms with van der Waals surface area (Å²) >= 11 is 0. The lowest BCUT2D eigenvalue weighted by atomic mass is 9.55. The summed E-state index contributed by atoms with van der Waals surface area (Å²) in [6.45, 7) is 4.13. The van der Waals surface area contributed by atoms with Crippen molar-refractivity contribution in [1.29, 1.82) is 0 Å². The van der Waals surface area contributed by atoms with Crippen LogP contribution < -0.4 is 0 Å². The van der Waals surface area contributed by atoms with E-state index in [0.29, 0.717) is 5.92 Å². The van der Waals surface area contributed by atoms with Crippen LogP contribution in [0.15, 0.2) is 30.3 Å². The van der Waals surface area contributed by atoms with Gasteiger partial charge in [-0.25, -0.2) is 0 Å². The largest absolute Gasteiger partial charge is 0.372 e. The van der Waals surface area contributed by atoms with Crippen molar-refractivity contribution in [3.8, 4) is 0 Å². The molecule has 0 bridgehead atoms. The van der Waals surface area contributed by atoms with Crippen LogP contribution in [0.5, 0.6) is 0 Å². The summed E-state index contributed by atoms with van der Waals surface area (Å²) in [5.74, 6) is 1.40. The summed E-state index contributed by atoms with van der Waals surface area (Å²) in [5.41, 5.74) is 1.38.